The summed E-state index contributed by atoms with van der Waals surface area (Å²) in [7, 11) is 0. The summed E-state index contributed by atoms with van der Waals surface area (Å²) in [6, 6.07) is 3.88. The molecule has 86 valence electrons. The van der Waals surface area contributed by atoms with Crippen LogP contribution in [0.5, 0.6) is 0 Å². The molecule has 1 aromatic carbocycles. The fourth-order valence-corrected chi connectivity index (χ4v) is 1.30. The number of benzene rings is 1. The van der Waals surface area contributed by atoms with Crippen LogP contribution >= 0.6 is 0 Å². The minimum Gasteiger partial charge on any atom is -0.545 e. The van der Waals surface area contributed by atoms with Crippen molar-refractivity contribution >= 4 is 11.9 Å². The Bertz CT molecular complexity index is 418. The first kappa shape index (κ1) is 21.7. The van der Waals surface area contributed by atoms with Crippen LogP contribution in [0.4, 0.5) is 0 Å². The zero-order valence-electron chi connectivity index (χ0n) is 11.4. The van der Waals surface area contributed by atoms with Crippen molar-refractivity contribution in [3.8, 4) is 0 Å². The van der Waals surface area contributed by atoms with Crippen LogP contribution in [0.1, 0.15) is 47.1 Å². The van der Waals surface area contributed by atoms with Crippen LogP contribution in [0.25, 0.3) is 0 Å². The van der Waals surface area contributed by atoms with Crippen molar-refractivity contribution in [3.63, 3.8) is 0 Å². The number of hydrogen-bond acceptors (Lipinski definition) is 4. The maximum atomic E-state index is 10.7. The van der Waals surface area contributed by atoms with Crippen molar-refractivity contribution < 1.29 is 123 Å². The molecule has 0 aromatic heterocycles. The standard InChI is InChI=1S/C12H14O4.2K/c1-12(2,3)9-5-7(10(13)14)4-8(6-9)11(15)16;;/h4-6H,1-3H3,(H,13,14)(H,15,16);;/q;2*+1/p-2. The second-order valence-electron chi connectivity index (χ2n) is 4.62. The van der Waals surface area contributed by atoms with Crippen LogP contribution in [-0.2, 0) is 5.41 Å². The zero-order valence-corrected chi connectivity index (χ0v) is 17.6. The Morgan fingerprint density at radius 3 is 1.44 bits per heavy atom. The first-order valence-corrected chi connectivity index (χ1v) is 4.80. The minimum atomic E-state index is -1.39. The van der Waals surface area contributed by atoms with Gasteiger partial charge in [0.25, 0.3) is 0 Å². The van der Waals surface area contributed by atoms with Crippen molar-refractivity contribution in [2.75, 3.05) is 0 Å². The molecule has 0 radical (unpaired) electrons. The number of aromatic carboxylic acids is 2. The van der Waals surface area contributed by atoms with Crippen molar-refractivity contribution in [1.82, 2.24) is 0 Å². The summed E-state index contributed by atoms with van der Waals surface area (Å²) in [6.45, 7) is 5.58. The van der Waals surface area contributed by atoms with Crippen LogP contribution in [0.2, 0.25) is 0 Å². The molecule has 0 amide bonds. The van der Waals surface area contributed by atoms with Gasteiger partial charge in [-0.1, -0.05) is 20.8 Å². The first-order valence-electron chi connectivity index (χ1n) is 4.80. The Balaban J connectivity index is 0. The monoisotopic (exact) mass is 298 g/mol. The van der Waals surface area contributed by atoms with Gasteiger partial charge in [-0.05, 0) is 40.3 Å². The van der Waals surface area contributed by atoms with Gasteiger partial charge >= 0.3 is 103 Å². The molecule has 0 heterocycles. The molecule has 0 aliphatic carbocycles. The van der Waals surface area contributed by atoms with Gasteiger partial charge in [0.1, 0.15) is 0 Å². The Morgan fingerprint density at radius 2 is 1.22 bits per heavy atom. The molecule has 0 unspecified atom stereocenters. The van der Waals surface area contributed by atoms with E-state index in [0.29, 0.717) is 5.56 Å². The molecule has 4 nitrogen and oxygen atoms in total. The van der Waals surface area contributed by atoms with Gasteiger partial charge in [-0.2, -0.15) is 0 Å². The second-order valence-corrected chi connectivity index (χ2v) is 4.62. The van der Waals surface area contributed by atoms with Crippen LogP contribution in [0.3, 0.4) is 0 Å². The number of hydrogen-bond donors (Lipinski definition) is 0. The number of carboxylic acid groups (broad SMARTS) is 2. The number of carboxylic acids is 2. The number of rotatable bonds is 2. The quantitative estimate of drug-likeness (QED) is 0.509. The Morgan fingerprint density at radius 1 is 0.889 bits per heavy atom. The molecule has 0 fully saturated rings. The Labute approximate surface area is 191 Å². The van der Waals surface area contributed by atoms with E-state index >= 15 is 0 Å². The average molecular weight is 298 g/mol. The van der Waals surface area contributed by atoms with Crippen molar-refractivity contribution in [1.29, 1.82) is 0 Å². The molecule has 6 heteroatoms. The van der Waals surface area contributed by atoms with Crippen molar-refractivity contribution in [2.45, 2.75) is 26.2 Å². The van der Waals surface area contributed by atoms with E-state index in [1.165, 1.54) is 12.1 Å². The van der Waals surface area contributed by atoms with Crippen molar-refractivity contribution in [3.05, 3.63) is 34.9 Å². The summed E-state index contributed by atoms with van der Waals surface area (Å²) in [4.78, 5) is 21.5. The van der Waals surface area contributed by atoms with Gasteiger partial charge in [0.2, 0.25) is 0 Å². The third-order valence-electron chi connectivity index (χ3n) is 2.27. The summed E-state index contributed by atoms with van der Waals surface area (Å²) in [5.41, 5.74) is -0.0120. The topological polar surface area (TPSA) is 80.3 Å². The SMILES string of the molecule is CC(C)(C)c1cc(C(=O)[O-])cc(C(=O)[O-])c1.[K+].[K+]. The van der Waals surface area contributed by atoms with Gasteiger partial charge in [-0.15, -0.1) is 0 Å². The molecule has 0 saturated heterocycles. The molecule has 0 bridgehead atoms. The predicted molar refractivity (Wildman–Crippen MR) is 53.8 cm³/mol. The van der Waals surface area contributed by atoms with Gasteiger partial charge in [0.05, 0.1) is 11.9 Å². The maximum Gasteiger partial charge on any atom is 1.00 e. The van der Waals surface area contributed by atoms with Crippen LogP contribution in [-0.4, -0.2) is 11.9 Å². The van der Waals surface area contributed by atoms with Gasteiger partial charge in [-0.25, -0.2) is 0 Å². The fourth-order valence-electron chi connectivity index (χ4n) is 1.30. The summed E-state index contributed by atoms with van der Waals surface area (Å²) in [5.74, 6) is -2.79. The summed E-state index contributed by atoms with van der Waals surface area (Å²) in [5, 5.41) is 21.5. The van der Waals surface area contributed by atoms with Gasteiger partial charge in [-0.3, -0.25) is 0 Å². The summed E-state index contributed by atoms with van der Waals surface area (Å²) >= 11 is 0. The van der Waals surface area contributed by atoms with E-state index in [1.807, 2.05) is 20.8 Å². The van der Waals surface area contributed by atoms with E-state index in [0.717, 1.165) is 6.07 Å². The molecule has 1 aromatic rings. The predicted octanol–water partition coefficient (Wildman–Crippen LogP) is -6.28. The molecule has 0 aliphatic heterocycles. The maximum absolute atomic E-state index is 10.7. The van der Waals surface area contributed by atoms with Gasteiger partial charge in [0, 0.05) is 0 Å². The van der Waals surface area contributed by atoms with E-state index in [1.54, 1.807) is 0 Å². The third-order valence-corrected chi connectivity index (χ3v) is 2.27. The zero-order chi connectivity index (χ0) is 12.5. The molecular weight excluding hydrogens is 286 g/mol. The fraction of sp³-hybridized carbons (Fsp3) is 0.333. The van der Waals surface area contributed by atoms with E-state index in [2.05, 4.69) is 0 Å². The number of carbonyl (C=O) groups is 2. The molecule has 0 aliphatic rings. The van der Waals surface area contributed by atoms with Crippen LogP contribution < -0.4 is 113 Å². The molecular formula is C12H12K2O4. The van der Waals surface area contributed by atoms with E-state index < -0.39 is 11.9 Å². The Hall–Kier alpha value is 1.43. The van der Waals surface area contributed by atoms with Gasteiger partial charge < -0.3 is 19.8 Å². The molecule has 0 spiro atoms. The summed E-state index contributed by atoms with van der Waals surface area (Å²) in [6.07, 6.45) is 0. The van der Waals surface area contributed by atoms with Crippen LogP contribution in [0.15, 0.2) is 18.2 Å². The largest absolute Gasteiger partial charge is 1.00 e. The average Bonchev–Trinajstić information content (AvgIpc) is 2.15. The molecule has 1 rings (SSSR count). The first-order chi connectivity index (χ1) is 7.21. The molecule has 0 N–H and O–H groups in total. The molecule has 0 saturated carbocycles. The summed E-state index contributed by atoms with van der Waals surface area (Å²) < 4.78 is 0. The van der Waals surface area contributed by atoms with Crippen LogP contribution in [0, 0.1) is 0 Å². The van der Waals surface area contributed by atoms with Gasteiger partial charge in [0.15, 0.2) is 0 Å². The third kappa shape index (κ3) is 6.26. The van der Waals surface area contributed by atoms with E-state index in [4.69, 9.17) is 0 Å². The molecule has 18 heavy (non-hydrogen) atoms. The minimum absolute atomic E-state index is 0. The number of carbonyl (C=O) groups excluding carboxylic acids is 2. The van der Waals surface area contributed by atoms with Crippen molar-refractivity contribution in [2.24, 2.45) is 0 Å². The smallest absolute Gasteiger partial charge is 0.545 e. The normalized spacial score (nSPS) is 9.94. The molecule has 0 atom stereocenters. The van der Waals surface area contributed by atoms with E-state index in [-0.39, 0.29) is 119 Å². The second kappa shape index (κ2) is 8.66. The Kier molecular flexibility index (Phi) is 10.5. The van der Waals surface area contributed by atoms with E-state index in [9.17, 15) is 19.8 Å².